The number of benzene rings is 1. The van der Waals surface area contributed by atoms with E-state index in [2.05, 4.69) is 32.3 Å². The lowest BCUT2D eigenvalue weighted by molar-refractivity contribution is -0.206. The number of esters is 2. The van der Waals surface area contributed by atoms with Gasteiger partial charge in [0.25, 0.3) is 0 Å². The molecule has 3 fully saturated rings. The van der Waals surface area contributed by atoms with E-state index in [0.29, 0.717) is 19.4 Å². The summed E-state index contributed by atoms with van der Waals surface area (Å²) in [6.07, 6.45) is 11.9. The molecule has 5 rings (SSSR count). The zero-order valence-electron chi connectivity index (χ0n) is 25.7. The molecule has 8 nitrogen and oxygen atoms in total. The highest BCUT2D eigenvalue weighted by Gasteiger charge is 2.68. The summed E-state index contributed by atoms with van der Waals surface area (Å²) in [5.74, 6) is -1.29. The first kappa shape index (κ1) is 30.9. The number of ether oxygens (including phenoxy) is 2. The van der Waals surface area contributed by atoms with Crippen LogP contribution in [0.15, 0.2) is 61.7 Å². The van der Waals surface area contributed by atoms with Crippen LogP contribution in [0, 0.1) is 34.0 Å². The maximum absolute atomic E-state index is 13.5. The molecular formula is C35H44N2O6. The SMILES string of the molecule is C=C[C@]1(C)C[C@@H](OC(=O)COC(=O)/C=C/c2ccc(Cn3ccnc3)cc2)[C@]2(C)CC[C@@H](C)[C@@]3(CCC(=O)[C@@H]23)[C@@H](C)[C@@H]1O. The molecule has 230 valence electrons. The molecule has 2 bridgehead atoms. The zero-order valence-corrected chi connectivity index (χ0v) is 25.7. The molecule has 3 aliphatic carbocycles. The number of imidazole rings is 1. The molecular weight excluding hydrogens is 544 g/mol. The first-order valence-electron chi connectivity index (χ1n) is 15.4. The molecule has 8 heteroatoms. The molecule has 1 heterocycles. The number of aromatic nitrogens is 2. The molecule has 3 saturated carbocycles. The molecule has 2 aromatic rings. The number of nitrogens with zero attached hydrogens (tertiary/aromatic N) is 2. The molecule has 1 aromatic heterocycles. The van der Waals surface area contributed by atoms with Crippen molar-refractivity contribution in [3.05, 3.63) is 72.8 Å². The van der Waals surface area contributed by atoms with Crippen LogP contribution in [0.2, 0.25) is 0 Å². The van der Waals surface area contributed by atoms with Crippen molar-refractivity contribution in [3.63, 3.8) is 0 Å². The second-order valence-corrected chi connectivity index (χ2v) is 13.5. The Balaban J connectivity index is 1.26. The minimum Gasteiger partial charge on any atom is -0.459 e. The number of aliphatic hydroxyl groups excluding tert-OH is 1. The fraction of sp³-hybridized carbons (Fsp3) is 0.543. The van der Waals surface area contributed by atoms with E-state index in [9.17, 15) is 19.5 Å². The van der Waals surface area contributed by atoms with Gasteiger partial charge in [0, 0.05) is 48.2 Å². The third-order valence-electron chi connectivity index (χ3n) is 11.1. The van der Waals surface area contributed by atoms with Crippen LogP contribution in [0.25, 0.3) is 6.08 Å². The number of rotatable bonds is 8. The second kappa shape index (κ2) is 11.9. The molecule has 0 spiro atoms. The van der Waals surface area contributed by atoms with Crippen molar-refractivity contribution in [1.29, 1.82) is 0 Å². The Morgan fingerprint density at radius 1 is 1.19 bits per heavy atom. The Morgan fingerprint density at radius 3 is 2.60 bits per heavy atom. The summed E-state index contributed by atoms with van der Waals surface area (Å²) < 4.78 is 13.3. The van der Waals surface area contributed by atoms with Gasteiger partial charge < -0.3 is 19.1 Å². The normalized spacial score (nSPS) is 35.6. The molecule has 1 aromatic carbocycles. The predicted molar refractivity (Wildman–Crippen MR) is 162 cm³/mol. The highest BCUT2D eigenvalue weighted by atomic mass is 16.6. The number of ketones is 1. The van der Waals surface area contributed by atoms with Crippen LogP contribution in [0.1, 0.15) is 70.9 Å². The van der Waals surface area contributed by atoms with Gasteiger partial charge in [0.1, 0.15) is 11.9 Å². The van der Waals surface area contributed by atoms with E-state index in [-0.39, 0.29) is 29.0 Å². The van der Waals surface area contributed by atoms with Crippen molar-refractivity contribution in [2.45, 2.75) is 78.6 Å². The molecule has 0 saturated heterocycles. The summed E-state index contributed by atoms with van der Waals surface area (Å²) in [5, 5.41) is 11.7. The Bertz CT molecular complexity index is 1380. The Hall–Kier alpha value is -3.52. The summed E-state index contributed by atoms with van der Waals surface area (Å²) in [6.45, 7) is 12.5. The van der Waals surface area contributed by atoms with E-state index in [1.807, 2.05) is 42.0 Å². The standard InChI is InChI=1S/C35H44N2O6/c1-6-33(4)19-28(34(5)15-13-23(2)35(24(3)32(33)41)16-14-27(38)31(34)35)43-30(40)21-42-29(39)12-11-25-7-9-26(10-8-25)20-37-18-17-36-22-37/h6-12,17-18,22-24,28,31-32,41H,1,13-16,19-21H2,2-5H3/b12-11+/t23-,24+,28-,31+,32+,33-,34+,35+/m1/s1. The van der Waals surface area contributed by atoms with Gasteiger partial charge in [-0.25, -0.2) is 14.6 Å². The first-order valence-corrected chi connectivity index (χ1v) is 15.4. The minimum absolute atomic E-state index is 0.112. The molecule has 43 heavy (non-hydrogen) atoms. The Kier molecular flexibility index (Phi) is 8.54. The van der Waals surface area contributed by atoms with Gasteiger partial charge >= 0.3 is 11.9 Å². The molecule has 3 aliphatic rings. The van der Waals surface area contributed by atoms with E-state index >= 15 is 0 Å². The molecule has 0 amide bonds. The first-order chi connectivity index (χ1) is 20.4. The van der Waals surface area contributed by atoms with Gasteiger partial charge in [0.15, 0.2) is 6.61 Å². The Morgan fingerprint density at radius 2 is 1.93 bits per heavy atom. The van der Waals surface area contributed by atoms with Gasteiger partial charge in [-0.3, -0.25) is 4.79 Å². The van der Waals surface area contributed by atoms with Crippen LogP contribution in [0.5, 0.6) is 0 Å². The third kappa shape index (κ3) is 5.62. The lowest BCUT2D eigenvalue weighted by atomic mass is 9.43. The highest BCUT2D eigenvalue weighted by Crippen LogP contribution is 2.68. The van der Waals surface area contributed by atoms with Crippen LogP contribution in [0.3, 0.4) is 0 Å². The van der Waals surface area contributed by atoms with E-state index in [4.69, 9.17) is 9.47 Å². The minimum atomic E-state index is -0.743. The number of carbonyl (C=O) groups excluding carboxylic acids is 3. The van der Waals surface area contributed by atoms with E-state index in [1.165, 1.54) is 6.08 Å². The van der Waals surface area contributed by atoms with Crippen LogP contribution in [-0.4, -0.2) is 51.2 Å². The summed E-state index contributed by atoms with van der Waals surface area (Å²) in [6, 6.07) is 7.76. The lowest BCUT2D eigenvalue weighted by Gasteiger charge is -2.62. The average Bonchev–Trinajstić information content (AvgIpc) is 3.65. The fourth-order valence-electron chi connectivity index (χ4n) is 8.53. The topological polar surface area (TPSA) is 108 Å². The van der Waals surface area contributed by atoms with Gasteiger partial charge in [0.05, 0.1) is 12.4 Å². The van der Waals surface area contributed by atoms with Gasteiger partial charge in [0.2, 0.25) is 0 Å². The Labute approximate surface area is 254 Å². The number of hydrogen-bond acceptors (Lipinski definition) is 7. The number of Topliss-reactive ketones (excluding diaryl/α,β-unsaturated/α-hetero) is 1. The van der Waals surface area contributed by atoms with Crippen LogP contribution in [-0.2, 0) is 30.4 Å². The monoisotopic (exact) mass is 588 g/mol. The van der Waals surface area contributed by atoms with Crippen LogP contribution in [0.4, 0.5) is 0 Å². The zero-order chi connectivity index (χ0) is 31.0. The van der Waals surface area contributed by atoms with Crippen LogP contribution >= 0.6 is 0 Å². The maximum Gasteiger partial charge on any atom is 0.344 e. The summed E-state index contributed by atoms with van der Waals surface area (Å²) in [5.41, 5.74) is 0.238. The van der Waals surface area contributed by atoms with Crippen molar-refractivity contribution in [1.82, 2.24) is 9.55 Å². The van der Waals surface area contributed by atoms with Crippen molar-refractivity contribution in [3.8, 4) is 0 Å². The largest absolute Gasteiger partial charge is 0.459 e. The molecule has 0 aliphatic heterocycles. The van der Waals surface area contributed by atoms with Crippen molar-refractivity contribution in [2.24, 2.45) is 34.0 Å². The molecule has 8 atom stereocenters. The molecule has 0 radical (unpaired) electrons. The maximum atomic E-state index is 13.5. The van der Waals surface area contributed by atoms with E-state index in [0.717, 1.165) is 30.4 Å². The summed E-state index contributed by atoms with van der Waals surface area (Å²) in [4.78, 5) is 43.2. The average molecular weight is 589 g/mol. The van der Waals surface area contributed by atoms with Crippen molar-refractivity contribution in [2.75, 3.05) is 6.61 Å². The van der Waals surface area contributed by atoms with Crippen molar-refractivity contribution < 1.29 is 29.0 Å². The van der Waals surface area contributed by atoms with E-state index in [1.54, 1.807) is 24.7 Å². The molecule has 1 N–H and O–H groups in total. The van der Waals surface area contributed by atoms with Gasteiger partial charge in [-0.05, 0) is 60.1 Å². The molecule has 0 unspecified atom stereocenters. The van der Waals surface area contributed by atoms with Gasteiger partial charge in [-0.15, -0.1) is 6.58 Å². The smallest absolute Gasteiger partial charge is 0.344 e. The quantitative estimate of drug-likeness (QED) is 0.250. The van der Waals surface area contributed by atoms with E-state index < -0.39 is 41.6 Å². The second-order valence-electron chi connectivity index (χ2n) is 13.5. The predicted octanol–water partition coefficient (Wildman–Crippen LogP) is 5.39. The summed E-state index contributed by atoms with van der Waals surface area (Å²) in [7, 11) is 0. The number of carbonyl (C=O) groups is 3. The van der Waals surface area contributed by atoms with Crippen molar-refractivity contribution >= 4 is 23.8 Å². The third-order valence-corrected chi connectivity index (χ3v) is 11.1. The highest BCUT2D eigenvalue weighted by molar-refractivity contribution is 5.88. The number of hydrogen-bond donors (Lipinski definition) is 1. The lowest BCUT2D eigenvalue weighted by Crippen LogP contribution is -2.63. The fourth-order valence-corrected chi connectivity index (χ4v) is 8.53. The summed E-state index contributed by atoms with van der Waals surface area (Å²) >= 11 is 0. The van der Waals surface area contributed by atoms with Gasteiger partial charge in [-0.1, -0.05) is 58.0 Å². The number of aliphatic hydroxyl groups is 1. The van der Waals surface area contributed by atoms with Crippen LogP contribution < -0.4 is 0 Å². The van der Waals surface area contributed by atoms with Gasteiger partial charge in [-0.2, -0.15) is 0 Å².